The van der Waals surface area contributed by atoms with E-state index < -0.39 is 0 Å². The van der Waals surface area contributed by atoms with Crippen molar-refractivity contribution in [3.05, 3.63) is 23.3 Å². The van der Waals surface area contributed by atoms with E-state index in [0.717, 1.165) is 24.5 Å². The van der Waals surface area contributed by atoms with Gasteiger partial charge in [-0.1, -0.05) is 13.0 Å². The van der Waals surface area contributed by atoms with E-state index in [9.17, 15) is 0 Å². The molecule has 0 bridgehead atoms. The van der Waals surface area contributed by atoms with Gasteiger partial charge in [-0.2, -0.15) is 0 Å². The maximum Gasteiger partial charge on any atom is 0.164 e. The Morgan fingerprint density at radius 1 is 1.11 bits per heavy atom. The fourth-order valence-corrected chi connectivity index (χ4v) is 2.16. The number of hydrogen-bond acceptors (Lipinski definition) is 3. The molecule has 0 unspecified atom stereocenters. The van der Waals surface area contributed by atoms with Gasteiger partial charge in [0.1, 0.15) is 0 Å². The second kappa shape index (κ2) is 7.98. The first kappa shape index (κ1) is 14.8. The maximum atomic E-state index is 5.41. The van der Waals surface area contributed by atoms with Crippen molar-refractivity contribution in [2.75, 3.05) is 27.8 Å². The van der Waals surface area contributed by atoms with Gasteiger partial charge in [-0.05, 0) is 50.9 Å². The maximum absolute atomic E-state index is 5.41. The molecule has 102 valence electrons. The van der Waals surface area contributed by atoms with Gasteiger partial charge in [0.25, 0.3) is 0 Å². The van der Waals surface area contributed by atoms with Crippen molar-refractivity contribution < 1.29 is 9.47 Å². The lowest BCUT2D eigenvalue weighted by atomic mass is 9.91. The van der Waals surface area contributed by atoms with Gasteiger partial charge in [0, 0.05) is 5.56 Å². The van der Waals surface area contributed by atoms with E-state index >= 15 is 0 Å². The molecule has 0 radical (unpaired) electrons. The molecule has 1 N–H and O–H groups in total. The van der Waals surface area contributed by atoms with Crippen molar-refractivity contribution in [2.24, 2.45) is 0 Å². The normalized spacial score (nSPS) is 13.1. The summed E-state index contributed by atoms with van der Waals surface area (Å²) in [6.07, 6.45) is 4.85. The predicted molar refractivity (Wildman–Crippen MR) is 75.8 cm³/mol. The van der Waals surface area contributed by atoms with E-state index in [1.807, 2.05) is 13.1 Å². The Balaban J connectivity index is 0.000000357. The fraction of sp³-hybridized carbons (Fsp3) is 0.600. The van der Waals surface area contributed by atoms with Crippen molar-refractivity contribution in [1.29, 1.82) is 0 Å². The molecule has 0 spiro atoms. The van der Waals surface area contributed by atoms with Gasteiger partial charge < -0.3 is 14.8 Å². The molecule has 0 fully saturated rings. The van der Waals surface area contributed by atoms with E-state index in [1.165, 1.54) is 30.4 Å². The van der Waals surface area contributed by atoms with Crippen molar-refractivity contribution in [3.8, 4) is 11.5 Å². The largest absolute Gasteiger partial charge is 0.493 e. The van der Waals surface area contributed by atoms with E-state index in [1.54, 1.807) is 14.2 Å². The first-order chi connectivity index (χ1) is 8.78. The fourth-order valence-electron chi connectivity index (χ4n) is 2.16. The summed E-state index contributed by atoms with van der Waals surface area (Å²) in [7, 11) is 5.33. The van der Waals surface area contributed by atoms with E-state index in [-0.39, 0.29) is 0 Å². The molecular weight excluding hydrogens is 226 g/mol. The van der Waals surface area contributed by atoms with Gasteiger partial charge in [-0.3, -0.25) is 0 Å². The van der Waals surface area contributed by atoms with Gasteiger partial charge >= 0.3 is 0 Å². The molecule has 0 atom stereocenters. The van der Waals surface area contributed by atoms with Gasteiger partial charge in [-0.25, -0.2) is 0 Å². The zero-order chi connectivity index (χ0) is 13.4. The number of methoxy groups -OCH3 is 2. The summed E-state index contributed by atoms with van der Waals surface area (Å²) >= 11 is 0. The summed E-state index contributed by atoms with van der Waals surface area (Å²) in [4.78, 5) is 0. The predicted octanol–water partition coefficient (Wildman–Crippen LogP) is 2.81. The molecule has 2 rings (SSSR count). The van der Waals surface area contributed by atoms with Crippen LogP contribution in [0.4, 0.5) is 0 Å². The quantitative estimate of drug-likeness (QED) is 0.896. The minimum Gasteiger partial charge on any atom is -0.493 e. The molecule has 18 heavy (non-hydrogen) atoms. The van der Waals surface area contributed by atoms with Crippen LogP contribution in [0.5, 0.6) is 11.5 Å². The van der Waals surface area contributed by atoms with Gasteiger partial charge in [0.2, 0.25) is 0 Å². The summed E-state index contributed by atoms with van der Waals surface area (Å²) in [5.74, 6) is 1.79. The lowest BCUT2D eigenvalue weighted by Crippen LogP contribution is -2.05. The first-order valence-corrected chi connectivity index (χ1v) is 6.65. The Bertz CT molecular complexity index is 347. The molecular formula is C15H25NO2. The number of fused-ring (bicyclic) bond motifs is 1. The highest BCUT2D eigenvalue weighted by molar-refractivity contribution is 5.51. The van der Waals surface area contributed by atoms with Crippen molar-refractivity contribution in [1.82, 2.24) is 5.32 Å². The highest BCUT2D eigenvalue weighted by atomic mass is 16.5. The Kier molecular flexibility index (Phi) is 6.58. The number of benzene rings is 1. The third kappa shape index (κ3) is 3.64. The number of ether oxygens (including phenoxy) is 2. The summed E-state index contributed by atoms with van der Waals surface area (Å²) in [5.41, 5.74) is 2.77. The lowest BCUT2D eigenvalue weighted by molar-refractivity contribution is 0.349. The SMILES string of the molecule is CCNC.COc1ccc2c(c1OC)CCCC2. The van der Waals surface area contributed by atoms with Gasteiger partial charge in [0.05, 0.1) is 14.2 Å². The van der Waals surface area contributed by atoms with Crippen LogP contribution in [0.2, 0.25) is 0 Å². The number of rotatable bonds is 3. The van der Waals surface area contributed by atoms with Gasteiger partial charge in [0.15, 0.2) is 11.5 Å². The van der Waals surface area contributed by atoms with Crippen LogP contribution < -0.4 is 14.8 Å². The Morgan fingerprint density at radius 2 is 1.78 bits per heavy atom. The number of hydrogen-bond donors (Lipinski definition) is 1. The molecule has 0 aliphatic heterocycles. The van der Waals surface area contributed by atoms with Crippen LogP contribution in [0.15, 0.2) is 12.1 Å². The zero-order valence-corrected chi connectivity index (χ0v) is 12.0. The molecule has 0 aromatic heterocycles. The molecule has 0 heterocycles. The van der Waals surface area contributed by atoms with E-state index in [4.69, 9.17) is 9.47 Å². The zero-order valence-electron chi connectivity index (χ0n) is 12.0. The third-order valence-electron chi connectivity index (χ3n) is 3.22. The highest BCUT2D eigenvalue weighted by Gasteiger charge is 2.17. The van der Waals surface area contributed by atoms with Crippen LogP contribution in [0.1, 0.15) is 30.9 Å². The Morgan fingerprint density at radius 3 is 2.33 bits per heavy atom. The van der Waals surface area contributed by atoms with Gasteiger partial charge in [-0.15, -0.1) is 0 Å². The van der Waals surface area contributed by atoms with Crippen LogP contribution >= 0.6 is 0 Å². The minimum absolute atomic E-state index is 0.855. The molecule has 0 amide bonds. The third-order valence-corrected chi connectivity index (χ3v) is 3.22. The van der Waals surface area contributed by atoms with E-state index in [2.05, 4.69) is 18.3 Å². The molecule has 0 saturated heterocycles. The highest BCUT2D eigenvalue weighted by Crippen LogP contribution is 2.37. The molecule has 1 aromatic rings. The van der Waals surface area contributed by atoms with Crippen LogP contribution in [0.25, 0.3) is 0 Å². The van der Waals surface area contributed by atoms with Crippen molar-refractivity contribution in [3.63, 3.8) is 0 Å². The number of aryl methyl sites for hydroxylation is 1. The number of nitrogens with one attached hydrogen (secondary N) is 1. The summed E-state index contributed by atoms with van der Waals surface area (Å²) in [6, 6.07) is 4.17. The van der Waals surface area contributed by atoms with Crippen molar-refractivity contribution in [2.45, 2.75) is 32.6 Å². The molecule has 0 saturated carbocycles. The summed E-state index contributed by atoms with van der Waals surface area (Å²) in [5, 5.41) is 2.93. The first-order valence-electron chi connectivity index (χ1n) is 6.65. The summed E-state index contributed by atoms with van der Waals surface area (Å²) < 4.78 is 10.7. The van der Waals surface area contributed by atoms with Crippen LogP contribution in [0, 0.1) is 0 Å². The average molecular weight is 251 g/mol. The minimum atomic E-state index is 0.855. The van der Waals surface area contributed by atoms with Crippen LogP contribution in [-0.2, 0) is 12.8 Å². The standard InChI is InChI=1S/C12H16O2.C3H9N/c1-13-11-8-7-9-5-3-4-6-10(9)12(11)14-2;1-3-4-2/h7-8H,3-6H2,1-2H3;4H,3H2,1-2H3. The molecule has 3 nitrogen and oxygen atoms in total. The molecule has 1 aliphatic rings. The van der Waals surface area contributed by atoms with Crippen LogP contribution in [0.3, 0.4) is 0 Å². The lowest BCUT2D eigenvalue weighted by Gasteiger charge is -2.20. The molecule has 1 aliphatic carbocycles. The Hall–Kier alpha value is -1.22. The monoisotopic (exact) mass is 251 g/mol. The van der Waals surface area contributed by atoms with Crippen molar-refractivity contribution >= 4 is 0 Å². The summed E-state index contributed by atoms with van der Waals surface area (Å²) in [6.45, 7) is 3.14. The topological polar surface area (TPSA) is 30.5 Å². The van der Waals surface area contributed by atoms with E-state index in [0.29, 0.717) is 0 Å². The molecule has 3 heteroatoms. The van der Waals surface area contributed by atoms with Crippen LogP contribution in [-0.4, -0.2) is 27.8 Å². The average Bonchev–Trinajstić information content (AvgIpc) is 2.46. The molecule has 1 aromatic carbocycles. The smallest absolute Gasteiger partial charge is 0.164 e. The second-order valence-corrected chi connectivity index (χ2v) is 4.35. The Labute approximate surface area is 110 Å². The second-order valence-electron chi connectivity index (χ2n) is 4.35.